The van der Waals surface area contributed by atoms with E-state index in [0.717, 1.165) is 19.5 Å². The van der Waals surface area contributed by atoms with Gasteiger partial charge in [-0.2, -0.15) is 0 Å². The fourth-order valence-electron chi connectivity index (χ4n) is 4.40. The van der Waals surface area contributed by atoms with Crippen LogP contribution in [0.1, 0.15) is 68.2 Å². The van der Waals surface area contributed by atoms with E-state index in [2.05, 4.69) is 49.2 Å². The predicted molar refractivity (Wildman–Crippen MR) is 100 cm³/mol. The molecule has 0 radical (unpaired) electrons. The monoisotopic (exact) mass is 330 g/mol. The molecule has 2 aliphatic rings. The molecule has 0 bridgehead atoms. The van der Waals surface area contributed by atoms with Crippen LogP contribution in [0.2, 0.25) is 0 Å². The summed E-state index contributed by atoms with van der Waals surface area (Å²) >= 11 is 0. The first-order chi connectivity index (χ1) is 11.5. The van der Waals surface area contributed by atoms with E-state index in [4.69, 9.17) is 0 Å². The van der Waals surface area contributed by atoms with Crippen molar-refractivity contribution in [2.45, 2.75) is 83.5 Å². The van der Waals surface area contributed by atoms with Crippen LogP contribution < -0.4 is 5.32 Å². The average molecular weight is 331 g/mol. The molecular formula is C21H34N2O. The Balaban J connectivity index is 1.50. The van der Waals surface area contributed by atoms with Crippen molar-refractivity contribution in [2.75, 3.05) is 13.1 Å². The van der Waals surface area contributed by atoms with Crippen molar-refractivity contribution < 1.29 is 5.11 Å². The van der Waals surface area contributed by atoms with Crippen LogP contribution in [0.25, 0.3) is 0 Å². The summed E-state index contributed by atoms with van der Waals surface area (Å²) in [6.07, 6.45) is 6.94. The molecule has 3 heteroatoms. The van der Waals surface area contributed by atoms with Gasteiger partial charge in [0.05, 0.1) is 6.10 Å². The third-order valence-corrected chi connectivity index (χ3v) is 6.21. The van der Waals surface area contributed by atoms with Gasteiger partial charge in [0.2, 0.25) is 0 Å². The van der Waals surface area contributed by atoms with E-state index in [1.807, 2.05) is 0 Å². The molecule has 1 aromatic rings. The van der Waals surface area contributed by atoms with Crippen molar-refractivity contribution in [3.05, 3.63) is 34.9 Å². The van der Waals surface area contributed by atoms with Crippen LogP contribution in [0.5, 0.6) is 0 Å². The van der Waals surface area contributed by atoms with Crippen LogP contribution in [0.4, 0.5) is 0 Å². The van der Waals surface area contributed by atoms with Crippen molar-refractivity contribution in [3.8, 4) is 0 Å². The van der Waals surface area contributed by atoms with E-state index in [-0.39, 0.29) is 6.10 Å². The first kappa shape index (κ1) is 17.9. The van der Waals surface area contributed by atoms with Crippen LogP contribution in [0.3, 0.4) is 0 Å². The molecule has 0 aromatic heterocycles. The van der Waals surface area contributed by atoms with Gasteiger partial charge in [0.15, 0.2) is 0 Å². The molecule has 3 unspecified atom stereocenters. The van der Waals surface area contributed by atoms with Crippen LogP contribution in [0, 0.1) is 13.8 Å². The number of hydrogen-bond donors (Lipinski definition) is 2. The molecule has 1 aliphatic heterocycles. The van der Waals surface area contributed by atoms with Gasteiger partial charge in [-0.25, -0.2) is 0 Å². The zero-order valence-electron chi connectivity index (χ0n) is 15.6. The highest BCUT2D eigenvalue weighted by Crippen LogP contribution is 2.26. The first-order valence-corrected chi connectivity index (χ1v) is 9.80. The highest BCUT2D eigenvalue weighted by Gasteiger charge is 2.31. The topological polar surface area (TPSA) is 35.5 Å². The number of aliphatic hydroxyl groups is 1. The van der Waals surface area contributed by atoms with Crippen molar-refractivity contribution in [2.24, 2.45) is 0 Å². The zero-order valence-corrected chi connectivity index (χ0v) is 15.6. The second-order valence-corrected chi connectivity index (χ2v) is 7.96. The molecule has 1 saturated carbocycles. The number of nitrogens with one attached hydrogen (secondary N) is 1. The van der Waals surface area contributed by atoms with E-state index in [9.17, 15) is 5.11 Å². The molecule has 2 N–H and O–H groups in total. The fraction of sp³-hybridized carbons (Fsp3) is 0.714. The van der Waals surface area contributed by atoms with Gasteiger partial charge in [-0.1, -0.05) is 31.0 Å². The molecule has 1 heterocycles. The lowest BCUT2D eigenvalue weighted by Gasteiger charge is -2.42. The Morgan fingerprint density at radius 2 is 1.75 bits per heavy atom. The second-order valence-electron chi connectivity index (χ2n) is 7.96. The van der Waals surface area contributed by atoms with Crippen LogP contribution in [-0.2, 0) is 0 Å². The van der Waals surface area contributed by atoms with Gasteiger partial charge in [-0.05, 0) is 63.1 Å². The molecule has 1 aliphatic carbocycles. The smallest absolute Gasteiger partial charge is 0.0695 e. The Labute approximate surface area is 147 Å². The number of nitrogens with zero attached hydrogens (tertiary/aromatic N) is 1. The first-order valence-electron chi connectivity index (χ1n) is 9.80. The van der Waals surface area contributed by atoms with Crippen molar-refractivity contribution in [1.29, 1.82) is 0 Å². The van der Waals surface area contributed by atoms with Gasteiger partial charge in [0, 0.05) is 31.2 Å². The molecule has 24 heavy (non-hydrogen) atoms. The summed E-state index contributed by atoms with van der Waals surface area (Å²) in [4.78, 5) is 2.54. The quantitative estimate of drug-likeness (QED) is 0.883. The summed E-state index contributed by atoms with van der Waals surface area (Å²) < 4.78 is 0. The Hall–Kier alpha value is -0.900. The van der Waals surface area contributed by atoms with Gasteiger partial charge < -0.3 is 10.4 Å². The van der Waals surface area contributed by atoms with Crippen molar-refractivity contribution in [3.63, 3.8) is 0 Å². The summed E-state index contributed by atoms with van der Waals surface area (Å²) in [5.41, 5.74) is 4.13. The van der Waals surface area contributed by atoms with Crippen LogP contribution in [0.15, 0.2) is 18.2 Å². The molecular weight excluding hydrogens is 296 g/mol. The number of likely N-dealkylation sites (tertiary alicyclic amines) is 1. The maximum absolute atomic E-state index is 10.3. The van der Waals surface area contributed by atoms with Gasteiger partial charge in [-0.3, -0.25) is 4.90 Å². The Morgan fingerprint density at radius 1 is 1.04 bits per heavy atom. The Morgan fingerprint density at radius 3 is 2.42 bits per heavy atom. The standard InChI is InChI=1S/C21H34N2O/c1-15-8-9-18(14-16(15)2)17(3)22-19-10-12-23(13-11-19)20-6-4-5-7-21(20)24/h8-9,14,17,19-22,24H,4-7,10-13H2,1-3H3. The van der Waals surface area contributed by atoms with Crippen molar-refractivity contribution in [1.82, 2.24) is 10.2 Å². The molecule has 3 rings (SSSR count). The maximum atomic E-state index is 10.3. The lowest BCUT2D eigenvalue weighted by atomic mass is 9.89. The molecule has 134 valence electrons. The van der Waals surface area contributed by atoms with E-state index in [1.54, 1.807) is 0 Å². The molecule has 2 fully saturated rings. The summed E-state index contributed by atoms with van der Waals surface area (Å²) in [7, 11) is 0. The lowest BCUT2D eigenvalue weighted by Crippen LogP contribution is -2.51. The highest BCUT2D eigenvalue weighted by molar-refractivity contribution is 5.31. The predicted octanol–water partition coefficient (Wildman–Crippen LogP) is 3.72. The maximum Gasteiger partial charge on any atom is 0.0695 e. The Bertz CT molecular complexity index is 537. The summed E-state index contributed by atoms with van der Waals surface area (Å²) in [6, 6.07) is 8.22. The largest absolute Gasteiger partial charge is 0.391 e. The van der Waals surface area contributed by atoms with Gasteiger partial charge in [0.1, 0.15) is 0 Å². The van der Waals surface area contributed by atoms with Crippen LogP contribution in [-0.4, -0.2) is 41.3 Å². The molecule has 0 amide bonds. The summed E-state index contributed by atoms with van der Waals surface area (Å²) in [6.45, 7) is 8.89. The van der Waals surface area contributed by atoms with E-state index in [0.29, 0.717) is 18.1 Å². The SMILES string of the molecule is Cc1ccc(C(C)NC2CCN(C3CCCCC3O)CC2)cc1C. The summed E-state index contributed by atoms with van der Waals surface area (Å²) in [5, 5.41) is 14.1. The number of hydrogen-bond acceptors (Lipinski definition) is 3. The third-order valence-electron chi connectivity index (χ3n) is 6.21. The average Bonchev–Trinajstić information content (AvgIpc) is 2.58. The fourth-order valence-corrected chi connectivity index (χ4v) is 4.40. The number of aliphatic hydroxyl groups excluding tert-OH is 1. The Kier molecular flexibility index (Phi) is 5.96. The van der Waals surface area contributed by atoms with E-state index >= 15 is 0 Å². The minimum absolute atomic E-state index is 0.0993. The normalized spacial score (nSPS) is 28.0. The van der Waals surface area contributed by atoms with Gasteiger partial charge >= 0.3 is 0 Å². The molecule has 0 spiro atoms. The minimum atomic E-state index is -0.0993. The number of benzene rings is 1. The van der Waals surface area contributed by atoms with Gasteiger partial charge in [-0.15, -0.1) is 0 Å². The number of piperidine rings is 1. The highest BCUT2D eigenvalue weighted by atomic mass is 16.3. The van der Waals surface area contributed by atoms with Crippen molar-refractivity contribution >= 4 is 0 Å². The minimum Gasteiger partial charge on any atom is -0.391 e. The second kappa shape index (κ2) is 7.99. The van der Waals surface area contributed by atoms with Crippen LogP contribution >= 0.6 is 0 Å². The summed E-state index contributed by atoms with van der Waals surface area (Å²) in [5.74, 6) is 0. The number of rotatable bonds is 4. The van der Waals surface area contributed by atoms with Gasteiger partial charge in [0.25, 0.3) is 0 Å². The molecule has 1 aromatic carbocycles. The molecule has 3 atom stereocenters. The molecule has 1 saturated heterocycles. The molecule has 3 nitrogen and oxygen atoms in total. The number of aryl methyl sites for hydroxylation is 2. The zero-order chi connectivity index (χ0) is 17.1. The van der Waals surface area contributed by atoms with E-state index in [1.165, 1.54) is 48.8 Å². The third kappa shape index (κ3) is 4.19. The van der Waals surface area contributed by atoms with E-state index < -0.39 is 0 Å². The lowest BCUT2D eigenvalue weighted by molar-refractivity contribution is 0.00671.